The fourth-order valence-electron chi connectivity index (χ4n) is 1.97. The number of aryl methyl sites for hydroxylation is 2. The van der Waals surface area contributed by atoms with Gasteiger partial charge in [-0.1, -0.05) is 19.1 Å². The summed E-state index contributed by atoms with van der Waals surface area (Å²) in [5, 5.41) is 7.17. The summed E-state index contributed by atoms with van der Waals surface area (Å²) in [7, 11) is 1.86. The van der Waals surface area contributed by atoms with E-state index in [-0.39, 0.29) is 10.9 Å². The Morgan fingerprint density at radius 2 is 2.24 bits per heavy atom. The Hall–Kier alpha value is -2.28. The second kappa shape index (κ2) is 6.45. The number of carbonyl (C=O) groups excluding carboxylic acids is 1. The van der Waals surface area contributed by atoms with Gasteiger partial charge in [-0.15, -0.1) is 0 Å². The van der Waals surface area contributed by atoms with E-state index in [2.05, 4.69) is 15.4 Å². The van der Waals surface area contributed by atoms with Gasteiger partial charge in [0.1, 0.15) is 10.7 Å². The zero-order chi connectivity index (χ0) is 15.4. The summed E-state index contributed by atoms with van der Waals surface area (Å²) in [6.45, 7) is 2.46. The molecule has 0 saturated carbocycles. The minimum atomic E-state index is -0.240. The van der Waals surface area contributed by atoms with Crippen molar-refractivity contribution in [2.45, 2.75) is 19.9 Å². The van der Waals surface area contributed by atoms with Gasteiger partial charge < -0.3 is 11.1 Å². The smallest absolute Gasteiger partial charge is 0.270 e. The van der Waals surface area contributed by atoms with Gasteiger partial charge in [0.25, 0.3) is 5.91 Å². The summed E-state index contributed by atoms with van der Waals surface area (Å²) in [5.74, 6) is -0.240. The summed E-state index contributed by atoms with van der Waals surface area (Å²) in [4.78, 5) is 16.4. The molecule has 110 valence electrons. The van der Waals surface area contributed by atoms with Crippen LogP contribution in [0.25, 0.3) is 0 Å². The number of aromatic nitrogens is 3. The van der Waals surface area contributed by atoms with Gasteiger partial charge >= 0.3 is 0 Å². The highest BCUT2D eigenvalue weighted by Gasteiger charge is 2.10. The van der Waals surface area contributed by atoms with Crippen molar-refractivity contribution in [3.05, 3.63) is 47.0 Å². The lowest BCUT2D eigenvalue weighted by Gasteiger charge is -2.05. The van der Waals surface area contributed by atoms with Crippen molar-refractivity contribution in [2.24, 2.45) is 12.8 Å². The molecule has 6 nitrogen and oxygen atoms in total. The highest BCUT2D eigenvalue weighted by Crippen LogP contribution is 2.07. The Bertz CT molecular complexity index is 663. The molecule has 2 rings (SSSR count). The van der Waals surface area contributed by atoms with Crippen LogP contribution < -0.4 is 11.1 Å². The Morgan fingerprint density at radius 1 is 1.48 bits per heavy atom. The van der Waals surface area contributed by atoms with Crippen molar-refractivity contribution < 1.29 is 4.79 Å². The molecule has 0 spiro atoms. The third-order valence-electron chi connectivity index (χ3n) is 3.05. The number of hydrogen-bond donors (Lipinski definition) is 2. The van der Waals surface area contributed by atoms with Gasteiger partial charge in [0.2, 0.25) is 0 Å². The number of carbonyl (C=O) groups is 1. The van der Waals surface area contributed by atoms with Crippen LogP contribution in [0.3, 0.4) is 0 Å². The molecule has 0 unspecified atom stereocenters. The number of nitrogens with two attached hydrogens (primary N) is 1. The third kappa shape index (κ3) is 3.63. The van der Waals surface area contributed by atoms with Crippen LogP contribution in [0, 0.1) is 0 Å². The topological polar surface area (TPSA) is 85.8 Å². The fraction of sp³-hybridized carbons (Fsp3) is 0.286. The first-order valence-corrected chi connectivity index (χ1v) is 6.97. The number of nitrogens with one attached hydrogen (secondary N) is 1. The average Bonchev–Trinajstić information content (AvgIpc) is 2.85. The largest absolute Gasteiger partial charge is 0.389 e. The third-order valence-corrected chi connectivity index (χ3v) is 3.28. The molecule has 0 radical (unpaired) electrons. The highest BCUT2D eigenvalue weighted by molar-refractivity contribution is 7.80. The van der Waals surface area contributed by atoms with Crippen LogP contribution in [0.2, 0.25) is 0 Å². The first kappa shape index (κ1) is 15.1. The van der Waals surface area contributed by atoms with Crippen molar-refractivity contribution in [3.63, 3.8) is 0 Å². The second-order valence-electron chi connectivity index (χ2n) is 4.61. The molecule has 0 fully saturated rings. The van der Waals surface area contributed by atoms with E-state index >= 15 is 0 Å². The van der Waals surface area contributed by atoms with E-state index in [4.69, 9.17) is 18.0 Å². The molecule has 7 heteroatoms. The number of amides is 1. The van der Waals surface area contributed by atoms with Gasteiger partial charge in [0.05, 0.1) is 5.69 Å². The van der Waals surface area contributed by atoms with Crippen molar-refractivity contribution in [1.82, 2.24) is 20.1 Å². The summed E-state index contributed by atoms with van der Waals surface area (Å²) in [5.41, 5.74) is 8.45. The van der Waals surface area contributed by atoms with Crippen LogP contribution in [0.15, 0.2) is 24.5 Å². The lowest BCUT2D eigenvalue weighted by atomic mass is 10.2. The van der Waals surface area contributed by atoms with E-state index in [0.29, 0.717) is 17.8 Å². The molecule has 0 atom stereocenters. The highest BCUT2D eigenvalue weighted by atomic mass is 32.1. The molecule has 1 amide bonds. The lowest BCUT2D eigenvalue weighted by Crippen LogP contribution is -2.24. The molecule has 2 heterocycles. The van der Waals surface area contributed by atoms with Crippen molar-refractivity contribution in [2.75, 3.05) is 0 Å². The van der Waals surface area contributed by atoms with Gasteiger partial charge in [0.15, 0.2) is 0 Å². The Balaban J connectivity index is 2.02. The van der Waals surface area contributed by atoms with Crippen LogP contribution in [0.4, 0.5) is 0 Å². The molecule has 2 aromatic rings. The van der Waals surface area contributed by atoms with Gasteiger partial charge in [-0.2, -0.15) is 5.10 Å². The first-order chi connectivity index (χ1) is 10.0. The molecule has 0 aliphatic carbocycles. The Morgan fingerprint density at radius 3 is 2.81 bits per heavy atom. The van der Waals surface area contributed by atoms with Crippen LogP contribution in [0.5, 0.6) is 0 Å². The van der Waals surface area contributed by atoms with Crippen LogP contribution in [-0.2, 0) is 20.0 Å². The van der Waals surface area contributed by atoms with Gasteiger partial charge in [0, 0.05) is 37.1 Å². The minimum Gasteiger partial charge on any atom is -0.389 e. The Labute approximate surface area is 128 Å². The maximum Gasteiger partial charge on any atom is 0.270 e. The molecular formula is C14H17N5OS. The maximum atomic E-state index is 12.0. The first-order valence-electron chi connectivity index (χ1n) is 6.56. The number of pyridine rings is 1. The molecular weight excluding hydrogens is 286 g/mol. The molecule has 0 saturated heterocycles. The number of nitrogens with zero attached hydrogens (tertiary/aromatic N) is 3. The standard InChI is InChI=1S/C14H17N5OS/c1-3-11-10(8-19(2)18-11)7-17-14(20)12-5-4-9(6-16-12)13(15)21/h4-6,8H,3,7H2,1-2H3,(H2,15,21)(H,17,20). The minimum absolute atomic E-state index is 0.240. The monoisotopic (exact) mass is 303 g/mol. The van der Waals surface area contributed by atoms with E-state index < -0.39 is 0 Å². The van der Waals surface area contributed by atoms with E-state index in [0.717, 1.165) is 17.7 Å². The average molecular weight is 303 g/mol. The van der Waals surface area contributed by atoms with E-state index in [1.54, 1.807) is 16.8 Å². The quantitative estimate of drug-likeness (QED) is 0.803. The molecule has 21 heavy (non-hydrogen) atoms. The van der Waals surface area contributed by atoms with Crippen molar-refractivity contribution in [3.8, 4) is 0 Å². The zero-order valence-electron chi connectivity index (χ0n) is 12.0. The number of hydrogen-bond acceptors (Lipinski definition) is 4. The van der Waals surface area contributed by atoms with Gasteiger partial charge in [-0.05, 0) is 18.6 Å². The maximum absolute atomic E-state index is 12.0. The van der Waals surface area contributed by atoms with Crippen molar-refractivity contribution in [1.29, 1.82) is 0 Å². The number of rotatable bonds is 5. The van der Waals surface area contributed by atoms with E-state index in [1.165, 1.54) is 6.20 Å². The predicted molar refractivity (Wildman–Crippen MR) is 83.9 cm³/mol. The fourth-order valence-corrected chi connectivity index (χ4v) is 2.09. The van der Waals surface area contributed by atoms with Crippen molar-refractivity contribution >= 4 is 23.1 Å². The molecule has 0 bridgehead atoms. The van der Waals surface area contributed by atoms with Gasteiger partial charge in [-0.3, -0.25) is 14.5 Å². The summed E-state index contributed by atoms with van der Waals surface area (Å²) >= 11 is 4.84. The van der Waals surface area contributed by atoms with Crippen LogP contribution >= 0.6 is 12.2 Å². The number of thiocarbonyl (C=S) groups is 1. The molecule has 0 aliphatic heterocycles. The summed E-state index contributed by atoms with van der Waals surface area (Å²) in [6.07, 6.45) is 4.23. The molecule has 3 N–H and O–H groups in total. The molecule has 0 aromatic carbocycles. The normalized spacial score (nSPS) is 10.4. The lowest BCUT2D eigenvalue weighted by molar-refractivity contribution is 0.0946. The SMILES string of the molecule is CCc1nn(C)cc1CNC(=O)c1ccc(C(N)=S)cn1. The zero-order valence-corrected chi connectivity index (χ0v) is 12.8. The summed E-state index contributed by atoms with van der Waals surface area (Å²) < 4.78 is 1.75. The Kier molecular flexibility index (Phi) is 4.64. The molecule has 0 aliphatic rings. The van der Waals surface area contributed by atoms with Crippen LogP contribution in [0.1, 0.15) is 34.2 Å². The van der Waals surface area contributed by atoms with E-state index in [1.807, 2.05) is 20.2 Å². The van der Waals surface area contributed by atoms with Gasteiger partial charge in [-0.25, -0.2) is 0 Å². The molecule has 2 aromatic heterocycles. The summed E-state index contributed by atoms with van der Waals surface area (Å²) in [6, 6.07) is 3.29. The van der Waals surface area contributed by atoms with E-state index in [9.17, 15) is 4.79 Å². The second-order valence-corrected chi connectivity index (χ2v) is 5.05. The predicted octanol–water partition coefficient (Wildman–Crippen LogP) is 0.942. The van der Waals surface area contributed by atoms with Crippen LogP contribution in [-0.4, -0.2) is 25.7 Å².